The molecular weight excluding hydrogens is 396 g/mol. The summed E-state index contributed by atoms with van der Waals surface area (Å²) in [4.78, 5) is 20.9. The molecule has 6 nitrogen and oxygen atoms in total. The number of ether oxygens (including phenoxy) is 1. The van der Waals surface area contributed by atoms with E-state index in [2.05, 4.69) is 29.8 Å². The highest BCUT2D eigenvalue weighted by atomic mass is 32.1. The van der Waals surface area contributed by atoms with Gasteiger partial charge in [-0.3, -0.25) is 9.69 Å². The van der Waals surface area contributed by atoms with Gasteiger partial charge in [0.1, 0.15) is 18.4 Å². The predicted molar refractivity (Wildman–Crippen MR) is 119 cm³/mol. The molecule has 30 heavy (non-hydrogen) atoms. The minimum absolute atomic E-state index is 0.00642. The molecule has 1 amide bonds. The maximum absolute atomic E-state index is 12.5. The number of amides is 1. The third-order valence-electron chi connectivity index (χ3n) is 5.13. The SMILES string of the molecule is Cc1nc(COc2ccc(/C=C/C(=O)N3CCN(C(C#N)C(C)C)CC3)cc2)cs1. The number of piperazine rings is 1. The number of benzene rings is 1. The number of nitrogens with zero attached hydrogens (tertiary/aromatic N) is 4. The van der Waals surface area contributed by atoms with Gasteiger partial charge < -0.3 is 9.64 Å². The number of aromatic nitrogens is 1. The first-order chi connectivity index (χ1) is 14.5. The first kappa shape index (κ1) is 22.0. The number of thiazole rings is 1. The largest absolute Gasteiger partial charge is 0.487 e. The Morgan fingerprint density at radius 3 is 2.53 bits per heavy atom. The van der Waals surface area contributed by atoms with Gasteiger partial charge in [-0.25, -0.2) is 4.98 Å². The summed E-state index contributed by atoms with van der Waals surface area (Å²) < 4.78 is 5.75. The highest BCUT2D eigenvalue weighted by Crippen LogP contribution is 2.17. The molecule has 1 aliphatic rings. The number of rotatable bonds is 7. The monoisotopic (exact) mass is 424 g/mol. The van der Waals surface area contributed by atoms with E-state index in [1.165, 1.54) is 0 Å². The van der Waals surface area contributed by atoms with Crippen LogP contribution in [0.15, 0.2) is 35.7 Å². The highest BCUT2D eigenvalue weighted by Gasteiger charge is 2.26. The van der Waals surface area contributed by atoms with Crippen molar-refractivity contribution in [2.75, 3.05) is 26.2 Å². The Labute approximate surface area is 182 Å². The average molecular weight is 425 g/mol. The number of hydrogen-bond acceptors (Lipinski definition) is 6. The fourth-order valence-electron chi connectivity index (χ4n) is 3.45. The van der Waals surface area contributed by atoms with Crippen LogP contribution in [0.1, 0.15) is 30.1 Å². The van der Waals surface area contributed by atoms with E-state index in [4.69, 9.17) is 4.74 Å². The first-order valence-corrected chi connectivity index (χ1v) is 11.1. The van der Waals surface area contributed by atoms with E-state index in [0.717, 1.165) is 35.1 Å². The molecule has 0 aliphatic carbocycles. The zero-order valence-electron chi connectivity index (χ0n) is 17.7. The maximum Gasteiger partial charge on any atom is 0.246 e. The molecule has 0 N–H and O–H groups in total. The molecule has 2 aromatic rings. The Morgan fingerprint density at radius 2 is 1.97 bits per heavy atom. The van der Waals surface area contributed by atoms with E-state index in [0.29, 0.717) is 19.7 Å². The first-order valence-electron chi connectivity index (χ1n) is 10.2. The van der Waals surface area contributed by atoms with E-state index >= 15 is 0 Å². The molecule has 0 radical (unpaired) electrons. The molecule has 158 valence electrons. The minimum Gasteiger partial charge on any atom is -0.487 e. The van der Waals surface area contributed by atoms with Crippen molar-refractivity contribution in [1.29, 1.82) is 5.26 Å². The number of hydrogen-bond donors (Lipinski definition) is 0. The van der Waals surface area contributed by atoms with Gasteiger partial charge in [0.15, 0.2) is 0 Å². The van der Waals surface area contributed by atoms with Crippen LogP contribution in [0, 0.1) is 24.2 Å². The molecule has 1 unspecified atom stereocenters. The van der Waals surface area contributed by atoms with Crippen LogP contribution in [-0.4, -0.2) is 52.9 Å². The van der Waals surface area contributed by atoms with Crippen molar-refractivity contribution in [2.45, 2.75) is 33.4 Å². The topological polar surface area (TPSA) is 69.5 Å². The summed E-state index contributed by atoms with van der Waals surface area (Å²) in [5.74, 6) is 1.07. The van der Waals surface area contributed by atoms with E-state index in [9.17, 15) is 10.1 Å². The van der Waals surface area contributed by atoms with E-state index < -0.39 is 0 Å². The molecule has 0 bridgehead atoms. The summed E-state index contributed by atoms with van der Waals surface area (Å²) in [6, 6.07) is 9.96. The Balaban J connectivity index is 1.47. The van der Waals surface area contributed by atoms with Crippen LogP contribution in [0.3, 0.4) is 0 Å². The van der Waals surface area contributed by atoms with Crippen LogP contribution in [-0.2, 0) is 11.4 Å². The molecule has 1 atom stereocenters. The Kier molecular flexibility index (Phi) is 7.61. The molecule has 0 saturated carbocycles. The van der Waals surface area contributed by atoms with Crippen LogP contribution in [0.4, 0.5) is 0 Å². The fraction of sp³-hybridized carbons (Fsp3) is 0.435. The standard InChI is InChI=1S/C23H28N4O2S/c1-17(2)22(14-24)26-10-12-27(13-11-26)23(28)9-6-19-4-7-21(8-5-19)29-15-20-16-30-18(3)25-20/h4-9,16-17,22H,10-13,15H2,1-3H3/b9-6+. The molecule has 2 heterocycles. The van der Waals surface area contributed by atoms with Gasteiger partial charge in [-0.15, -0.1) is 11.3 Å². The number of carbonyl (C=O) groups excluding carboxylic acids is 1. The van der Waals surface area contributed by atoms with Gasteiger partial charge in [-0.05, 0) is 36.6 Å². The van der Waals surface area contributed by atoms with Gasteiger partial charge in [0.2, 0.25) is 5.91 Å². The molecule has 0 spiro atoms. The van der Waals surface area contributed by atoms with Gasteiger partial charge in [-0.2, -0.15) is 5.26 Å². The Morgan fingerprint density at radius 1 is 1.27 bits per heavy atom. The fourth-order valence-corrected chi connectivity index (χ4v) is 4.05. The smallest absolute Gasteiger partial charge is 0.246 e. The summed E-state index contributed by atoms with van der Waals surface area (Å²) in [6.45, 7) is 9.32. The van der Waals surface area contributed by atoms with Crippen molar-refractivity contribution in [2.24, 2.45) is 5.92 Å². The zero-order valence-corrected chi connectivity index (χ0v) is 18.6. The molecule has 7 heteroatoms. The summed E-state index contributed by atoms with van der Waals surface area (Å²) in [6.07, 6.45) is 3.45. The molecule has 1 fully saturated rings. The normalized spacial score (nSPS) is 16.0. The van der Waals surface area contributed by atoms with Gasteiger partial charge >= 0.3 is 0 Å². The van der Waals surface area contributed by atoms with Crippen LogP contribution in [0.2, 0.25) is 0 Å². The lowest BCUT2D eigenvalue weighted by Gasteiger charge is -2.37. The number of aryl methyl sites for hydroxylation is 1. The molecule has 1 aliphatic heterocycles. The van der Waals surface area contributed by atoms with Gasteiger partial charge in [0.25, 0.3) is 0 Å². The van der Waals surface area contributed by atoms with Crippen LogP contribution in [0.5, 0.6) is 5.75 Å². The summed E-state index contributed by atoms with van der Waals surface area (Å²) >= 11 is 1.61. The molecular formula is C23H28N4O2S. The molecule has 3 rings (SSSR count). The van der Waals surface area contributed by atoms with Crippen LogP contribution in [0.25, 0.3) is 6.08 Å². The van der Waals surface area contributed by atoms with E-state index in [-0.39, 0.29) is 17.9 Å². The van der Waals surface area contributed by atoms with E-state index in [1.54, 1.807) is 17.4 Å². The Bertz CT molecular complexity index is 906. The van der Waals surface area contributed by atoms with Crippen LogP contribution >= 0.6 is 11.3 Å². The second-order valence-corrected chi connectivity index (χ2v) is 8.79. The van der Waals surface area contributed by atoms with Crippen molar-refractivity contribution in [1.82, 2.24) is 14.8 Å². The van der Waals surface area contributed by atoms with Crippen molar-refractivity contribution >= 4 is 23.3 Å². The lowest BCUT2D eigenvalue weighted by Crippen LogP contribution is -2.52. The van der Waals surface area contributed by atoms with Crippen molar-refractivity contribution in [3.8, 4) is 11.8 Å². The van der Waals surface area contributed by atoms with E-state index in [1.807, 2.05) is 47.5 Å². The van der Waals surface area contributed by atoms with Crippen LogP contribution < -0.4 is 4.74 Å². The summed E-state index contributed by atoms with van der Waals surface area (Å²) in [5.41, 5.74) is 1.88. The number of carbonyl (C=O) groups is 1. The minimum atomic E-state index is -0.0851. The summed E-state index contributed by atoms with van der Waals surface area (Å²) in [7, 11) is 0. The number of nitriles is 1. The summed E-state index contributed by atoms with van der Waals surface area (Å²) in [5, 5.41) is 12.4. The lowest BCUT2D eigenvalue weighted by molar-refractivity contribution is -0.127. The van der Waals surface area contributed by atoms with Gasteiger partial charge in [0.05, 0.1) is 16.8 Å². The second-order valence-electron chi connectivity index (χ2n) is 7.73. The van der Waals surface area contributed by atoms with Crippen molar-refractivity contribution in [3.05, 3.63) is 52.0 Å². The van der Waals surface area contributed by atoms with Gasteiger partial charge in [0, 0.05) is 37.6 Å². The lowest BCUT2D eigenvalue weighted by atomic mass is 10.0. The molecule has 1 aromatic carbocycles. The Hall–Kier alpha value is -2.69. The van der Waals surface area contributed by atoms with Crippen molar-refractivity contribution < 1.29 is 9.53 Å². The molecule has 1 aromatic heterocycles. The zero-order chi connectivity index (χ0) is 21.5. The third kappa shape index (κ3) is 5.91. The predicted octanol–water partition coefficient (Wildman–Crippen LogP) is 3.74. The second kappa shape index (κ2) is 10.4. The maximum atomic E-state index is 12.5. The average Bonchev–Trinajstić information content (AvgIpc) is 3.17. The third-order valence-corrected chi connectivity index (χ3v) is 5.96. The quantitative estimate of drug-likeness (QED) is 0.634. The van der Waals surface area contributed by atoms with Gasteiger partial charge in [-0.1, -0.05) is 26.0 Å². The molecule has 1 saturated heterocycles. The van der Waals surface area contributed by atoms with Crippen molar-refractivity contribution in [3.63, 3.8) is 0 Å². The highest BCUT2D eigenvalue weighted by molar-refractivity contribution is 7.09.